The topological polar surface area (TPSA) is 78.1 Å². The van der Waals surface area contributed by atoms with Gasteiger partial charge in [-0.2, -0.15) is 5.10 Å². The molecule has 1 aliphatic rings. The van der Waals surface area contributed by atoms with Gasteiger partial charge < -0.3 is 10.2 Å². The van der Waals surface area contributed by atoms with Crippen molar-refractivity contribution >= 4 is 23.2 Å². The van der Waals surface area contributed by atoms with Gasteiger partial charge >= 0.3 is 0 Å². The lowest BCUT2D eigenvalue weighted by molar-refractivity contribution is -0.121. The molecule has 1 aliphatic heterocycles. The number of thiophene rings is 1. The Bertz CT molecular complexity index is 765. The minimum absolute atomic E-state index is 0.0129. The minimum atomic E-state index is -0.0756. The molecule has 0 bridgehead atoms. The molecular formula is C18H24N4O2S. The zero-order valence-corrected chi connectivity index (χ0v) is 15.7. The molecule has 2 aromatic rings. The van der Waals surface area contributed by atoms with Crippen molar-refractivity contribution in [3.8, 4) is 0 Å². The SMILES string of the molecule is Cc1cc(CC(=O)NC2CCN(C(=O)c3cc(C(C)C)[nH]n3)C2)cs1. The van der Waals surface area contributed by atoms with Crippen LogP contribution in [0.1, 0.15) is 52.8 Å². The number of H-pyrrole nitrogens is 1. The fraction of sp³-hybridized carbons (Fsp3) is 0.500. The maximum absolute atomic E-state index is 12.5. The predicted molar refractivity (Wildman–Crippen MR) is 97.9 cm³/mol. The van der Waals surface area contributed by atoms with Gasteiger partial charge in [-0.25, -0.2) is 0 Å². The molecule has 3 rings (SSSR count). The Morgan fingerprint density at radius 2 is 2.24 bits per heavy atom. The molecule has 25 heavy (non-hydrogen) atoms. The van der Waals surface area contributed by atoms with E-state index in [0.717, 1.165) is 17.7 Å². The number of aryl methyl sites for hydroxylation is 1. The van der Waals surface area contributed by atoms with Crippen molar-refractivity contribution in [1.82, 2.24) is 20.4 Å². The van der Waals surface area contributed by atoms with Crippen LogP contribution in [0, 0.1) is 6.92 Å². The van der Waals surface area contributed by atoms with E-state index in [1.54, 1.807) is 16.2 Å². The van der Waals surface area contributed by atoms with E-state index in [1.165, 1.54) is 4.88 Å². The van der Waals surface area contributed by atoms with Gasteiger partial charge in [-0.15, -0.1) is 11.3 Å². The van der Waals surface area contributed by atoms with Crippen LogP contribution in [0.3, 0.4) is 0 Å². The van der Waals surface area contributed by atoms with Crippen LogP contribution in [0.5, 0.6) is 0 Å². The third-order valence-corrected chi connectivity index (χ3v) is 5.34. The molecule has 2 N–H and O–H groups in total. The zero-order chi connectivity index (χ0) is 18.0. The third kappa shape index (κ3) is 4.28. The molecule has 1 fully saturated rings. The van der Waals surface area contributed by atoms with Gasteiger partial charge in [0.2, 0.25) is 5.91 Å². The van der Waals surface area contributed by atoms with E-state index >= 15 is 0 Å². The molecule has 0 aromatic carbocycles. The van der Waals surface area contributed by atoms with Crippen LogP contribution in [-0.4, -0.2) is 46.0 Å². The van der Waals surface area contributed by atoms with Crippen LogP contribution in [0.4, 0.5) is 0 Å². The summed E-state index contributed by atoms with van der Waals surface area (Å²) in [5, 5.41) is 12.1. The average Bonchev–Trinajstić information content (AvgIpc) is 3.27. The van der Waals surface area contributed by atoms with Crippen LogP contribution in [-0.2, 0) is 11.2 Å². The number of carbonyl (C=O) groups excluding carboxylic acids is 2. The van der Waals surface area contributed by atoms with E-state index < -0.39 is 0 Å². The lowest BCUT2D eigenvalue weighted by atomic mass is 10.1. The van der Waals surface area contributed by atoms with Crippen molar-refractivity contribution in [2.45, 2.75) is 45.6 Å². The van der Waals surface area contributed by atoms with E-state index in [4.69, 9.17) is 0 Å². The number of nitrogens with one attached hydrogen (secondary N) is 2. The van der Waals surface area contributed by atoms with E-state index in [2.05, 4.69) is 29.4 Å². The molecule has 0 spiro atoms. The van der Waals surface area contributed by atoms with Gasteiger partial charge in [0.15, 0.2) is 0 Å². The van der Waals surface area contributed by atoms with Crippen molar-refractivity contribution < 1.29 is 9.59 Å². The van der Waals surface area contributed by atoms with E-state index in [-0.39, 0.29) is 17.9 Å². The highest BCUT2D eigenvalue weighted by Gasteiger charge is 2.29. The smallest absolute Gasteiger partial charge is 0.274 e. The monoisotopic (exact) mass is 360 g/mol. The first-order chi connectivity index (χ1) is 11.9. The van der Waals surface area contributed by atoms with E-state index in [0.29, 0.717) is 31.1 Å². The largest absolute Gasteiger partial charge is 0.351 e. The summed E-state index contributed by atoms with van der Waals surface area (Å²) in [4.78, 5) is 27.7. The maximum atomic E-state index is 12.5. The van der Waals surface area contributed by atoms with Crippen LogP contribution in [0.2, 0.25) is 0 Å². The number of amides is 2. The second-order valence-electron chi connectivity index (χ2n) is 6.91. The van der Waals surface area contributed by atoms with Crippen molar-refractivity contribution in [3.05, 3.63) is 39.3 Å². The van der Waals surface area contributed by atoms with E-state index in [9.17, 15) is 9.59 Å². The predicted octanol–water partition coefficient (Wildman–Crippen LogP) is 2.48. The number of nitrogens with zero attached hydrogens (tertiary/aromatic N) is 2. The Morgan fingerprint density at radius 3 is 2.88 bits per heavy atom. The molecule has 7 heteroatoms. The molecule has 2 aromatic heterocycles. The van der Waals surface area contributed by atoms with Gasteiger partial charge in [-0.05, 0) is 42.3 Å². The summed E-state index contributed by atoms with van der Waals surface area (Å²) in [5.74, 6) is 0.243. The Kier molecular flexibility index (Phi) is 5.22. The van der Waals surface area contributed by atoms with Gasteiger partial charge in [-0.1, -0.05) is 13.8 Å². The Hall–Kier alpha value is -2.15. The van der Waals surface area contributed by atoms with Crippen molar-refractivity contribution in [2.24, 2.45) is 0 Å². The normalized spacial score (nSPS) is 17.3. The molecule has 3 heterocycles. The van der Waals surface area contributed by atoms with Crippen LogP contribution in [0.25, 0.3) is 0 Å². The molecule has 1 atom stereocenters. The summed E-state index contributed by atoms with van der Waals surface area (Å²) in [6.07, 6.45) is 1.17. The molecule has 0 saturated carbocycles. The fourth-order valence-corrected chi connectivity index (χ4v) is 3.73. The van der Waals surface area contributed by atoms with Crippen LogP contribution < -0.4 is 5.32 Å². The molecular weight excluding hydrogens is 336 g/mol. The Morgan fingerprint density at radius 1 is 1.44 bits per heavy atom. The second-order valence-corrected chi connectivity index (χ2v) is 8.03. The lowest BCUT2D eigenvalue weighted by Gasteiger charge is -2.16. The number of likely N-dealkylation sites (tertiary alicyclic amines) is 1. The highest BCUT2D eigenvalue weighted by Crippen LogP contribution is 2.17. The molecule has 1 saturated heterocycles. The summed E-state index contributed by atoms with van der Waals surface area (Å²) < 4.78 is 0. The van der Waals surface area contributed by atoms with Gasteiger partial charge in [0, 0.05) is 29.7 Å². The molecule has 1 unspecified atom stereocenters. The average molecular weight is 360 g/mol. The number of aromatic amines is 1. The van der Waals surface area contributed by atoms with Gasteiger partial charge in [0.1, 0.15) is 5.69 Å². The number of hydrogen-bond acceptors (Lipinski definition) is 4. The Balaban J connectivity index is 1.52. The summed E-state index contributed by atoms with van der Waals surface area (Å²) in [5.41, 5.74) is 2.45. The molecule has 2 amide bonds. The quantitative estimate of drug-likeness (QED) is 0.860. The zero-order valence-electron chi connectivity index (χ0n) is 14.8. The number of carbonyl (C=O) groups is 2. The highest BCUT2D eigenvalue weighted by atomic mass is 32.1. The first kappa shape index (κ1) is 17.7. The standard InChI is InChI=1S/C18H24N4O2S/c1-11(2)15-8-16(21-20-15)18(24)22-5-4-14(9-22)19-17(23)7-13-6-12(3)25-10-13/h6,8,10-11,14H,4-5,7,9H2,1-3H3,(H,19,23)(H,20,21). The van der Waals surface area contributed by atoms with Gasteiger partial charge in [-0.3, -0.25) is 14.7 Å². The van der Waals surface area contributed by atoms with Crippen LogP contribution in [0.15, 0.2) is 17.5 Å². The van der Waals surface area contributed by atoms with Gasteiger partial charge in [0.05, 0.1) is 6.42 Å². The summed E-state index contributed by atoms with van der Waals surface area (Å²) in [7, 11) is 0. The Labute approximate surface area is 151 Å². The van der Waals surface area contributed by atoms with Gasteiger partial charge in [0.25, 0.3) is 5.91 Å². The third-order valence-electron chi connectivity index (χ3n) is 4.43. The second kappa shape index (κ2) is 7.39. The number of hydrogen-bond donors (Lipinski definition) is 2. The highest BCUT2D eigenvalue weighted by molar-refractivity contribution is 7.10. The molecule has 6 nitrogen and oxygen atoms in total. The summed E-state index contributed by atoms with van der Waals surface area (Å²) >= 11 is 1.65. The molecule has 0 radical (unpaired) electrons. The lowest BCUT2D eigenvalue weighted by Crippen LogP contribution is -2.39. The minimum Gasteiger partial charge on any atom is -0.351 e. The summed E-state index contributed by atoms with van der Waals surface area (Å²) in [6.45, 7) is 7.32. The van der Waals surface area contributed by atoms with E-state index in [1.807, 2.05) is 24.4 Å². The van der Waals surface area contributed by atoms with Crippen molar-refractivity contribution in [3.63, 3.8) is 0 Å². The number of aromatic nitrogens is 2. The number of rotatable bonds is 5. The van der Waals surface area contributed by atoms with Crippen molar-refractivity contribution in [2.75, 3.05) is 13.1 Å². The fourth-order valence-electron chi connectivity index (χ4n) is 3.02. The van der Waals surface area contributed by atoms with Crippen LogP contribution >= 0.6 is 11.3 Å². The molecule has 134 valence electrons. The van der Waals surface area contributed by atoms with Crippen molar-refractivity contribution in [1.29, 1.82) is 0 Å². The summed E-state index contributed by atoms with van der Waals surface area (Å²) in [6, 6.07) is 3.87. The maximum Gasteiger partial charge on any atom is 0.274 e. The first-order valence-corrected chi connectivity index (χ1v) is 9.48. The first-order valence-electron chi connectivity index (χ1n) is 8.60. The molecule has 0 aliphatic carbocycles.